The first-order valence-electron chi connectivity index (χ1n) is 4.87. The van der Waals surface area contributed by atoms with Crippen molar-refractivity contribution in [2.75, 3.05) is 0 Å². The Kier molecular flexibility index (Phi) is 3.42. The number of nitrogens with zero attached hydrogens (tertiary/aromatic N) is 2. The molecule has 0 saturated heterocycles. The van der Waals surface area contributed by atoms with Crippen LogP contribution in [0.3, 0.4) is 0 Å². The van der Waals surface area contributed by atoms with Gasteiger partial charge in [-0.15, -0.1) is 21.5 Å². The third kappa shape index (κ3) is 2.76. The van der Waals surface area contributed by atoms with Gasteiger partial charge in [0.25, 0.3) is 0 Å². The Morgan fingerprint density at radius 2 is 2.00 bits per heavy atom. The molecule has 1 rings (SSSR count). The molecule has 3 heteroatoms. The normalized spacial score (nSPS) is 12.0. The van der Waals surface area contributed by atoms with E-state index in [1.165, 1.54) is 24.3 Å². The van der Waals surface area contributed by atoms with Gasteiger partial charge in [0, 0.05) is 5.41 Å². The van der Waals surface area contributed by atoms with Crippen LogP contribution in [0.2, 0.25) is 0 Å². The summed E-state index contributed by atoms with van der Waals surface area (Å²) in [7, 11) is 0. The van der Waals surface area contributed by atoms with Crippen LogP contribution in [0.15, 0.2) is 0 Å². The minimum absolute atomic E-state index is 0.210. The Bertz CT molecular complexity index is 266. The molecule has 0 aromatic carbocycles. The summed E-state index contributed by atoms with van der Waals surface area (Å²) >= 11 is 1.72. The molecule has 0 aliphatic carbocycles. The summed E-state index contributed by atoms with van der Waals surface area (Å²) in [6.45, 7) is 8.74. The van der Waals surface area contributed by atoms with E-state index in [1.54, 1.807) is 11.3 Å². The van der Waals surface area contributed by atoms with E-state index >= 15 is 0 Å². The number of rotatable bonds is 4. The summed E-state index contributed by atoms with van der Waals surface area (Å²) in [6.07, 6.45) is 3.73. The zero-order valence-electron chi connectivity index (χ0n) is 8.92. The van der Waals surface area contributed by atoms with Crippen LogP contribution in [0.25, 0.3) is 0 Å². The molecule has 0 fully saturated rings. The van der Waals surface area contributed by atoms with Crippen molar-refractivity contribution < 1.29 is 0 Å². The molecule has 0 N–H and O–H groups in total. The molecule has 13 heavy (non-hydrogen) atoms. The van der Waals surface area contributed by atoms with Gasteiger partial charge in [0.2, 0.25) is 0 Å². The molecular weight excluding hydrogens is 180 g/mol. The fourth-order valence-electron chi connectivity index (χ4n) is 1.30. The van der Waals surface area contributed by atoms with E-state index in [9.17, 15) is 0 Å². The Labute approximate surface area is 84.4 Å². The van der Waals surface area contributed by atoms with Gasteiger partial charge >= 0.3 is 0 Å². The van der Waals surface area contributed by atoms with Gasteiger partial charge in [-0.25, -0.2) is 0 Å². The second-order valence-electron chi connectivity index (χ2n) is 4.11. The van der Waals surface area contributed by atoms with Crippen molar-refractivity contribution in [1.82, 2.24) is 10.2 Å². The molecule has 0 aliphatic heterocycles. The van der Waals surface area contributed by atoms with Crippen LogP contribution in [0.5, 0.6) is 0 Å². The summed E-state index contributed by atoms with van der Waals surface area (Å²) < 4.78 is 0. The van der Waals surface area contributed by atoms with Crippen LogP contribution < -0.4 is 0 Å². The van der Waals surface area contributed by atoms with Crippen LogP contribution in [-0.4, -0.2) is 10.2 Å². The Morgan fingerprint density at radius 3 is 2.46 bits per heavy atom. The van der Waals surface area contributed by atoms with E-state index in [0.717, 1.165) is 5.01 Å². The lowest BCUT2D eigenvalue weighted by molar-refractivity contribution is 0.452. The van der Waals surface area contributed by atoms with Gasteiger partial charge < -0.3 is 0 Å². The standard InChI is InChI=1S/C10H18N2S/c1-5-6-7-10(3,4)9-12-11-8(2)13-9/h5-7H2,1-4H3. The number of hydrogen-bond donors (Lipinski definition) is 0. The van der Waals surface area contributed by atoms with E-state index in [4.69, 9.17) is 0 Å². The monoisotopic (exact) mass is 198 g/mol. The quantitative estimate of drug-likeness (QED) is 0.741. The topological polar surface area (TPSA) is 25.8 Å². The molecular formula is C10H18N2S. The maximum Gasteiger partial charge on any atom is 0.123 e. The largest absolute Gasteiger partial charge is 0.144 e. The smallest absolute Gasteiger partial charge is 0.123 e. The highest BCUT2D eigenvalue weighted by Gasteiger charge is 2.23. The third-order valence-electron chi connectivity index (χ3n) is 2.26. The molecule has 0 aliphatic rings. The Morgan fingerprint density at radius 1 is 1.31 bits per heavy atom. The Hall–Kier alpha value is -0.440. The van der Waals surface area contributed by atoms with Crippen LogP contribution >= 0.6 is 11.3 Å². The summed E-state index contributed by atoms with van der Waals surface area (Å²) in [5.74, 6) is 0. The van der Waals surface area contributed by atoms with E-state index < -0.39 is 0 Å². The van der Waals surface area contributed by atoms with Gasteiger partial charge in [-0.05, 0) is 13.3 Å². The lowest BCUT2D eigenvalue weighted by Gasteiger charge is -2.20. The van der Waals surface area contributed by atoms with Gasteiger partial charge in [0.05, 0.1) is 0 Å². The number of hydrogen-bond acceptors (Lipinski definition) is 3. The fraction of sp³-hybridized carbons (Fsp3) is 0.800. The van der Waals surface area contributed by atoms with Crippen LogP contribution in [0.4, 0.5) is 0 Å². The zero-order valence-corrected chi connectivity index (χ0v) is 9.74. The lowest BCUT2D eigenvalue weighted by Crippen LogP contribution is -2.16. The molecule has 1 heterocycles. The highest BCUT2D eigenvalue weighted by atomic mass is 32.1. The average Bonchev–Trinajstić information content (AvgIpc) is 2.49. The van der Waals surface area contributed by atoms with Crippen molar-refractivity contribution in [2.24, 2.45) is 0 Å². The lowest BCUT2D eigenvalue weighted by atomic mass is 9.88. The summed E-state index contributed by atoms with van der Waals surface area (Å²) in [5.41, 5.74) is 0.210. The molecule has 1 aromatic rings. The van der Waals surface area contributed by atoms with Crippen molar-refractivity contribution in [3.8, 4) is 0 Å². The highest BCUT2D eigenvalue weighted by Crippen LogP contribution is 2.30. The molecule has 0 saturated carbocycles. The zero-order chi connectivity index (χ0) is 9.90. The van der Waals surface area contributed by atoms with E-state index in [0.29, 0.717) is 0 Å². The second kappa shape index (κ2) is 4.18. The first kappa shape index (κ1) is 10.6. The first-order chi connectivity index (χ1) is 6.06. The van der Waals surface area contributed by atoms with Crippen LogP contribution in [0, 0.1) is 6.92 Å². The van der Waals surface area contributed by atoms with Crippen molar-refractivity contribution in [3.63, 3.8) is 0 Å². The number of unbranched alkanes of at least 4 members (excludes halogenated alkanes) is 1. The van der Waals surface area contributed by atoms with Gasteiger partial charge in [0.1, 0.15) is 10.0 Å². The van der Waals surface area contributed by atoms with Gasteiger partial charge in [-0.3, -0.25) is 0 Å². The van der Waals surface area contributed by atoms with Gasteiger partial charge in [-0.1, -0.05) is 33.6 Å². The average molecular weight is 198 g/mol. The van der Waals surface area contributed by atoms with Gasteiger partial charge in [0.15, 0.2) is 0 Å². The Balaban J connectivity index is 2.68. The molecule has 74 valence electrons. The minimum Gasteiger partial charge on any atom is -0.144 e. The van der Waals surface area contributed by atoms with Crippen molar-refractivity contribution in [2.45, 2.75) is 52.4 Å². The molecule has 2 nitrogen and oxygen atoms in total. The van der Waals surface area contributed by atoms with Crippen LogP contribution in [-0.2, 0) is 5.41 Å². The van der Waals surface area contributed by atoms with Gasteiger partial charge in [-0.2, -0.15) is 0 Å². The maximum atomic E-state index is 4.21. The summed E-state index contributed by atoms with van der Waals surface area (Å²) in [6, 6.07) is 0. The third-order valence-corrected chi connectivity index (χ3v) is 3.46. The SMILES string of the molecule is CCCCC(C)(C)c1nnc(C)s1. The predicted molar refractivity (Wildman–Crippen MR) is 57.2 cm³/mol. The molecule has 0 radical (unpaired) electrons. The van der Waals surface area contributed by atoms with Crippen molar-refractivity contribution in [1.29, 1.82) is 0 Å². The minimum atomic E-state index is 0.210. The molecule has 0 bridgehead atoms. The highest BCUT2D eigenvalue weighted by molar-refractivity contribution is 7.11. The molecule has 0 unspecified atom stereocenters. The predicted octanol–water partition coefficient (Wildman–Crippen LogP) is 3.31. The van der Waals surface area contributed by atoms with E-state index in [2.05, 4.69) is 31.0 Å². The summed E-state index contributed by atoms with van der Waals surface area (Å²) in [4.78, 5) is 0. The molecule has 0 atom stereocenters. The first-order valence-corrected chi connectivity index (χ1v) is 5.68. The van der Waals surface area contributed by atoms with Crippen molar-refractivity contribution >= 4 is 11.3 Å². The number of aryl methyl sites for hydroxylation is 1. The number of aromatic nitrogens is 2. The molecule has 0 amide bonds. The fourth-order valence-corrected chi connectivity index (χ4v) is 2.12. The maximum absolute atomic E-state index is 4.21. The van der Waals surface area contributed by atoms with Crippen molar-refractivity contribution in [3.05, 3.63) is 10.0 Å². The second-order valence-corrected chi connectivity index (χ2v) is 5.30. The van der Waals surface area contributed by atoms with Crippen LogP contribution in [0.1, 0.15) is 50.0 Å². The molecule has 1 aromatic heterocycles. The molecule has 0 spiro atoms. The van der Waals surface area contributed by atoms with E-state index in [1.807, 2.05) is 6.92 Å². The van der Waals surface area contributed by atoms with E-state index in [-0.39, 0.29) is 5.41 Å². The summed E-state index contributed by atoms with van der Waals surface area (Å²) in [5, 5.41) is 10.5.